The van der Waals surface area contributed by atoms with E-state index in [0.717, 1.165) is 38.7 Å². The molecule has 0 aliphatic carbocycles. The number of hydrogen-bond donors (Lipinski definition) is 0. The zero-order chi connectivity index (χ0) is 35.6. The van der Waals surface area contributed by atoms with E-state index in [1.165, 1.54) is 47.5 Å². The van der Waals surface area contributed by atoms with Gasteiger partial charge in [-0.25, -0.2) is 4.98 Å². The second-order valence-electron chi connectivity index (χ2n) is 13.6. The summed E-state index contributed by atoms with van der Waals surface area (Å²) in [6, 6.07) is 64.4. The SMILES string of the molecule is c1ccc(-c2nc(-c3ccccc3)nc(-n3c4ccc5ccccc5c4c4cccc(-c5cccc(-c6cccc7c6sc6ccccc67)c5)c43)n2)cc1. The number of para-hydroxylation sites is 1. The Hall–Kier alpha value is -6.95. The first-order valence-electron chi connectivity index (χ1n) is 18.1. The van der Waals surface area contributed by atoms with Gasteiger partial charge in [0.15, 0.2) is 11.6 Å². The molecule has 0 aliphatic heterocycles. The smallest absolute Gasteiger partial charge is 0.238 e. The maximum atomic E-state index is 5.25. The fraction of sp³-hybridized carbons (Fsp3) is 0. The molecule has 4 nitrogen and oxygen atoms in total. The first-order valence-corrected chi connectivity index (χ1v) is 18.9. The van der Waals surface area contributed by atoms with Crippen molar-refractivity contribution in [1.29, 1.82) is 0 Å². The minimum Gasteiger partial charge on any atom is -0.277 e. The second kappa shape index (κ2) is 12.3. The molecule has 3 heterocycles. The lowest BCUT2D eigenvalue weighted by Crippen LogP contribution is -2.07. The molecule has 54 heavy (non-hydrogen) atoms. The van der Waals surface area contributed by atoms with Crippen LogP contribution < -0.4 is 0 Å². The van der Waals surface area contributed by atoms with Crippen molar-refractivity contribution in [2.24, 2.45) is 0 Å². The highest BCUT2D eigenvalue weighted by molar-refractivity contribution is 7.26. The first kappa shape index (κ1) is 30.7. The van der Waals surface area contributed by atoms with Crippen molar-refractivity contribution in [2.45, 2.75) is 0 Å². The van der Waals surface area contributed by atoms with Crippen LogP contribution in [-0.2, 0) is 0 Å². The number of thiophene rings is 1. The summed E-state index contributed by atoms with van der Waals surface area (Å²) in [4.78, 5) is 15.5. The molecule has 0 spiro atoms. The molecule has 0 saturated carbocycles. The molecule has 11 aromatic rings. The Labute approximate surface area is 315 Å². The average molecular weight is 707 g/mol. The molecule has 0 bridgehead atoms. The number of nitrogens with zero attached hydrogens (tertiary/aromatic N) is 4. The quantitative estimate of drug-likeness (QED) is 0.179. The molecule has 8 aromatic carbocycles. The van der Waals surface area contributed by atoms with E-state index in [1.54, 1.807) is 0 Å². The number of rotatable bonds is 5. The van der Waals surface area contributed by atoms with Crippen molar-refractivity contribution in [3.63, 3.8) is 0 Å². The lowest BCUT2D eigenvalue weighted by molar-refractivity contribution is 0.954. The van der Waals surface area contributed by atoms with E-state index in [-0.39, 0.29) is 0 Å². The van der Waals surface area contributed by atoms with Crippen LogP contribution in [0, 0.1) is 0 Å². The average Bonchev–Trinajstić information content (AvgIpc) is 3.81. The van der Waals surface area contributed by atoms with Gasteiger partial charge in [-0.1, -0.05) is 164 Å². The van der Waals surface area contributed by atoms with E-state index < -0.39 is 0 Å². The Morgan fingerprint density at radius 3 is 1.74 bits per heavy atom. The minimum atomic E-state index is 0.580. The van der Waals surface area contributed by atoms with E-state index in [9.17, 15) is 0 Å². The molecule has 0 amide bonds. The van der Waals surface area contributed by atoms with Gasteiger partial charge in [0.1, 0.15) is 0 Å². The highest BCUT2D eigenvalue weighted by Crippen LogP contribution is 2.43. The molecule has 0 atom stereocenters. The van der Waals surface area contributed by atoms with Crippen molar-refractivity contribution in [1.82, 2.24) is 19.5 Å². The zero-order valence-electron chi connectivity index (χ0n) is 29.0. The Bertz CT molecular complexity index is 3160. The van der Waals surface area contributed by atoms with Gasteiger partial charge in [-0.3, -0.25) is 4.57 Å². The molecule has 0 unspecified atom stereocenters. The van der Waals surface area contributed by atoms with Crippen molar-refractivity contribution in [3.8, 4) is 51.0 Å². The van der Waals surface area contributed by atoms with E-state index in [1.807, 2.05) is 47.7 Å². The van der Waals surface area contributed by atoms with Crippen LogP contribution in [0.25, 0.3) is 104 Å². The van der Waals surface area contributed by atoms with Crippen LogP contribution in [0.2, 0.25) is 0 Å². The minimum absolute atomic E-state index is 0.580. The molecule has 0 N–H and O–H groups in total. The third-order valence-corrected chi connectivity index (χ3v) is 11.7. The highest BCUT2D eigenvalue weighted by atomic mass is 32.1. The van der Waals surface area contributed by atoms with Gasteiger partial charge < -0.3 is 0 Å². The van der Waals surface area contributed by atoms with Gasteiger partial charge in [0.25, 0.3) is 0 Å². The van der Waals surface area contributed by atoms with Crippen molar-refractivity contribution >= 4 is 64.1 Å². The van der Waals surface area contributed by atoms with Crippen molar-refractivity contribution < 1.29 is 0 Å². The lowest BCUT2D eigenvalue weighted by atomic mass is 9.96. The summed E-state index contributed by atoms with van der Waals surface area (Å²) < 4.78 is 4.87. The Morgan fingerprint density at radius 1 is 0.407 bits per heavy atom. The largest absolute Gasteiger partial charge is 0.277 e. The molecule has 252 valence electrons. The lowest BCUT2D eigenvalue weighted by Gasteiger charge is -2.13. The fourth-order valence-corrected chi connectivity index (χ4v) is 9.24. The van der Waals surface area contributed by atoms with E-state index in [2.05, 4.69) is 150 Å². The Morgan fingerprint density at radius 2 is 0.981 bits per heavy atom. The van der Waals surface area contributed by atoms with Gasteiger partial charge in [-0.2, -0.15) is 9.97 Å². The maximum Gasteiger partial charge on any atom is 0.238 e. The molecule has 5 heteroatoms. The van der Waals surface area contributed by atoms with Crippen LogP contribution >= 0.6 is 11.3 Å². The predicted octanol–water partition coefficient (Wildman–Crippen LogP) is 13.2. The summed E-state index contributed by atoms with van der Waals surface area (Å²) in [5.41, 5.74) is 8.66. The summed E-state index contributed by atoms with van der Waals surface area (Å²) in [5, 5.41) is 7.32. The standard InChI is InChI=1S/C49H30N4S/c1-3-15-32(16-4-1)47-50-48(33-17-5-2-6-18-33)52-49(51-47)53-42-29-28-31-14-7-8-21-36(31)44(42)41-26-12-23-37(45(41)53)34-19-11-20-35(30-34)38-24-13-25-40-39-22-9-10-27-43(39)54-46(38)40/h1-30H. The molecule has 11 rings (SSSR count). The number of aromatic nitrogens is 4. The van der Waals surface area contributed by atoms with Crippen LogP contribution in [0.5, 0.6) is 0 Å². The highest BCUT2D eigenvalue weighted by Gasteiger charge is 2.22. The van der Waals surface area contributed by atoms with Gasteiger partial charge in [-0.15, -0.1) is 11.3 Å². The van der Waals surface area contributed by atoms with Crippen LogP contribution in [0.3, 0.4) is 0 Å². The monoisotopic (exact) mass is 706 g/mol. The first-order chi connectivity index (χ1) is 26.8. The molecule has 0 radical (unpaired) electrons. The summed E-state index contributed by atoms with van der Waals surface area (Å²) in [5.74, 6) is 1.84. The summed E-state index contributed by atoms with van der Waals surface area (Å²) in [6.45, 7) is 0. The number of benzene rings is 8. The molecule has 0 saturated heterocycles. The summed E-state index contributed by atoms with van der Waals surface area (Å²) >= 11 is 1.86. The third kappa shape index (κ3) is 4.86. The number of fused-ring (bicyclic) bond motifs is 8. The normalized spacial score (nSPS) is 11.7. The van der Waals surface area contributed by atoms with Gasteiger partial charge in [-0.05, 0) is 45.7 Å². The topological polar surface area (TPSA) is 43.6 Å². The van der Waals surface area contributed by atoms with Gasteiger partial charge in [0, 0.05) is 47.6 Å². The molecule has 0 fully saturated rings. The molecule has 3 aromatic heterocycles. The summed E-state index contributed by atoms with van der Waals surface area (Å²) in [6.07, 6.45) is 0. The van der Waals surface area contributed by atoms with Crippen LogP contribution in [-0.4, -0.2) is 19.5 Å². The maximum absolute atomic E-state index is 5.25. The second-order valence-corrected chi connectivity index (χ2v) is 14.6. The van der Waals surface area contributed by atoms with Crippen molar-refractivity contribution in [3.05, 3.63) is 182 Å². The van der Waals surface area contributed by atoms with Crippen molar-refractivity contribution in [2.75, 3.05) is 0 Å². The van der Waals surface area contributed by atoms with Crippen LogP contribution in [0.4, 0.5) is 0 Å². The molecular formula is C49H30N4S. The fourth-order valence-electron chi connectivity index (χ4n) is 8.00. The summed E-state index contributed by atoms with van der Waals surface area (Å²) in [7, 11) is 0. The molecule has 0 aliphatic rings. The van der Waals surface area contributed by atoms with Gasteiger partial charge in [0.2, 0.25) is 5.95 Å². The van der Waals surface area contributed by atoms with Gasteiger partial charge >= 0.3 is 0 Å². The molecular weight excluding hydrogens is 677 g/mol. The van der Waals surface area contributed by atoms with E-state index in [0.29, 0.717) is 17.6 Å². The Balaban J connectivity index is 1.21. The van der Waals surface area contributed by atoms with Gasteiger partial charge in [0.05, 0.1) is 11.0 Å². The van der Waals surface area contributed by atoms with E-state index in [4.69, 9.17) is 15.0 Å². The third-order valence-electron chi connectivity index (χ3n) is 10.5. The van der Waals surface area contributed by atoms with E-state index >= 15 is 0 Å². The van der Waals surface area contributed by atoms with Crippen LogP contribution in [0.15, 0.2) is 182 Å². The zero-order valence-corrected chi connectivity index (χ0v) is 29.8. The Kier molecular flexibility index (Phi) is 7.00. The number of hydrogen-bond acceptors (Lipinski definition) is 4. The van der Waals surface area contributed by atoms with Crippen LogP contribution in [0.1, 0.15) is 0 Å². The predicted molar refractivity (Wildman–Crippen MR) is 226 cm³/mol.